The molecule has 0 bridgehead atoms. The predicted molar refractivity (Wildman–Crippen MR) is 86.1 cm³/mol. The summed E-state index contributed by atoms with van der Waals surface area (Å²) in [5.41, 5.74) is 2.15. The van der Waals surface area contributed by atoms with Crippen LogP contribution in [-0.2, 0) is 6.61 Å². The average Bonchev–Trinajstić information content (AvgIpc) is 3.09. The highest BCUT2D eigenvalue weighted by Gasteiger charge is 2.03. The van der Waals surface area contributed by atoms with Crippen LogP contribution in [0, 0.1) is 0 Å². The molecule has 0 aliphatic heterocycles. The molecule has 1 aromatic heterocycles. The van der Waals surface area contributed by atoms with E-state index in [1.165, 1.54) is 0 Å². The Morgan fingerprint density at radius 3 is 2.32 bits per heavy atom. The molecule has 0 spiro atoms. The van der Waals surface area contributed by atoms with Gasteiger partial charge in [0.05, 0.1) is 12.9 Å². The molecule has 1 heterocycles. The third-order valence-corrected chi connectivity index (χ3v) is 3.27. The summed E-state index contributed by atoms with van der Waals surface area (Å²) in [4.78, 5) is 0. The molecule has 0 atom stereocenters. The van der Waals surface area contributed by atoms with Gasteiger partial charge in [-0.1, -0.05) is 18.2 Å². The summed E-state index contributed by atoms with van der Waals surface area (Å²) in [5.74, 6) is 2.55. The SMILES string of the molecule is CCOc1ccc(OCc2cccc(-c3ccco3)c2)cc1. The second-order valence-corrected chi connectivity index (χ2v) is 4.87. The first-order valence-electron chi connectivity index (χ1n) is 7.33. The molecule has 0 unspecified atom stereocenters. The van der Waals surface area contributed by atoms with Gasteiger partial charge in [-0.2, -0.15) is 0 Å². The Kier molecular flexibility index (Phi) is 4.44. The minimum absolute atomic E-state index is 0.516. The number of furan rings is 1. The fourth-order valence-electron chi connectivity index (χ4n) is 2.22. The third kappa shape index (κ3) is 3.50. The van der Waals surface area contributed by atoms with Crippen molar-refractivity contribution in [1.29, 1.82) is 0 Å². The lowest BCUT2D eigenvalue weighted by Crippen LogP contribution is -1.96. The molecule has 3 heteroatoms. The maximum atomic E-state index is 5.81. The molecular weight excluding hydrogens is 276 g/mol. The normalized spacial score (nSPS) is 10.4. The Hall–Kier alpha value is -2.68. The van der Waals surface area contributed by atoms with Crippen molar-refractivity contribution in [2.24, 2.45) is 0 Å². The zero-order valence-electron chi connectivity index (χ0n) is 12.5. The second kappa shape index (κ2) is 6.85. The molecule has 22 heavy (non-hydrogen) atoms. The maximum Gasteiger partial charge on any atom is 0.133 e. The largest absolute Gasteiger partial charge is 0.494 e. The third-order valence-electron chi connectivity index (χ3n) is 3.27. The van der Waals surface area contributed by atoms with Crippen molar-refractivity contribution in [3.63, 3.8) is 0 Å². The van der Waals surface area contributed by atoms with Crippen molar-refractivity contribution >= 4 is 0 Å². The lowest BCUT2D eigenvalue weighted by Gasteiger charge is -2.08. The second-order valence-electron chi connectivity index (χ2n) is 4.87. The summed E-state index contributed by atoms with van der Waals surface area (Å²) in [6.45, 7) is 3.15. The smallest absolute Gasteiger partial charge is 0.133 e. The van der Waals surface area contributed by atoms with Gasteiger partial charge in [0.15, 0.2) is 0 Å². The number of hydrogen-bond acceptors (Lipinski definition) is 3. The Labute approximate surface area is 130 Å². The zero-order valence-corrected chi connectivity index (χ0v) is 12.5. The first-order valence-corrected chi connectivity index (χ1v) is 7.33. The van der Waals surface area contributed by atoms with Gasteiger partial charge < -0.3 is 13.9 Å². The van der Waals surface area contributed by atoms with E-state index in [1.54, 1.807) is 6.26 Å². The summed E-state index contributed by atoms with van der Waals surface area (Å²) in [5, 5.41) is 0. The summed E-state index contributed by atoms with van der Waals surface area (Å²) in [6, 6.07) is 19.7. The van der Waals surface area contributed by atoms with E-state index >= 15 is 0 Å². The number of benzene rings is 2. The molecule has 3 aromatic rings. The van der Waals surface area contributed by atoms with Crippen LogP contribution in [0.15, 0.2) is 71.3 Å². The van der Waals surface area contributed by atoms with Crippen LogP contribution in [0.25, 0.3) is 11.3 Å². The van der Waals surface area contributed by atoms with E-state index in [1.807, 2.05) is 61.5 Å². The molecule has 2 aromatic carbocycles. The first-order chi connectivity index (χ1) is 10.8. The van der Waals surface area contributed by atoms with Crippen LogP contribution in [0.1, 0.15) is 12.5 Å². The Morgan fingerprint density at radius 1 is 0.864 bits per heavy atom. The van der Waals surface area contributed by atoms with Crippen LogP contribution >= 0.6 is 0 Å². The minimum Gasteiger partial charge on any atom is -0.494 e. The van der Waals surface area contributed by atoms with Gasteiger partial charge in [-0.3, -0.25) is 0 Å². The van der Waals surface area contributed by atoms with E-state index in [9.17, 15) is 0 Å². The lowest BCUT2D eigenvalue weighted by molar-refractivity contribution is 0.304. The number of ether oxygens (including phenoxy) is 2. The van der Waals surface area contributed by atoms with E-state index in [0.29, 0.717) is 13.2 Å². The quantitative estimate of drug-likeness (QED) is 0.646. The van der Waals surface area contributed by atoms with Gasteiger partial charge in [-0.25, -0.2) is 0 Å². The Bertz CT molecular complexity index is 700. The van der Waals surface area contributed by atoms with Crippen LogP contribution in [0.3, 0.4) is 0 Å². The van der Waals surface area contributed by atoms with Gasteiger partial charge in [0.2, 0.25) is 0 Å². The van der Waals surface area contributed by atoms with Crippen molar-refractivity contribution in [3.8, 4) is 22.8 Å². The highest BCUT2D eigenvalue weighted by atomic mass is 16.5. The van der Waals surface area contributed by atoms with Gasteiger partial charge in [0.1, 0.15) is 23.9 Å². The summed E-state index contributed by atoms with van der Waals surface area (Å²) in [7, 11) is 0. The average molecular weight is 294 g/mol. The molecule has 0 radical (unpaired) electrons. The lowest BCUT2D eigenvalue weighted by atomic mass is 10.1. The number of rotatable bonds is 6. The van der Waals surface area contributed by atoms with Gasteiger partial charge in [0, 0.05) is 5.56 Å². The highest BCUT2D eigenvalue weighted by Crippen LogP contribution is 2.22. The van der Waals surface area contributed by atoms with Crippen LogP contribution in [0.4, 0.5) is 0 Å². The van der Waals surface area contributed by atoms with Crippen LogP contribution in [0.2, 0.25) is 0 Å². The monoisotopic (exact) mass is 294 g/mol. The minimum atomic E-state index is 0.516. The topological polar surface area (TPSA) is 31.6 Å². The molecule has 0 amide bonds. The summed E-state index contributed by atoms with van der Waals surface area (Å²) < 4.78 is 16.6. The molecular formula is C19H18O3. The molecule has 112 valence electrons. The van der Waals surface area contributed by atoms with Gasteiger partial charge in [0.25, 0.3) is 0 Å². The van der Waals surface area contributed by atoms with Gasteiger partial charge in [-0.05, 0) is 55.0 Å². The van der Waals surface area contributed by atoms with E-state index < -0.39 is 0 Å². The molecule has 0 aliphatic carbocycles. The van der Waals surface area contributed by atoms with Crippen molar-refractivity contribution in [3.05, 3.63) is 72.5 Å². The van der Waals surface area contributed by atoms with Crippen LogP contribution < -0.4 is 9.47 Å². The van der Waals surface area contributed by atoms with Crippen molar-refractivity contribution in [1.82, 2.24) is 0 Å². The van der Waals surface area contributed by atoms with Crippen molar-refractivity contribution < 1.29 is 13.9 Å². The van der Waals surface area contributed by atoms with Crippen LogP contribution in [-0.4, -0.2) is 6.61 Å². The number of hydrogen-bond donors (Lipinski definition) is 0. The Morgan fingerprint density at radius 2 is 1.64 bits per heavy atom. The van der Waals surface area contributed by atoms with Crippen LogP contribution in [0.5, 0.6) is 11.5 Å². The molecule has 0 N–H and O–H groups in total. The fraction of sp³-hybridized carbons (Fsp3) is 0.158. The molecule has 0 saturated heterocycles. The molecule has 3 nitrogen and oxygen atoms in total. The molecule has 0 aliphatic rings. The highest BCUT2D eigenvalue weighted by molar-refractivity contribution is 5.58. The summed E-state index contributed by atoms with van der Waals surface area (Å²) in [6.07, 6.45) is 1.68. The maximum absolute atomic E-state index is 5.81. The van der Waals surface area contributed by atoms with Gasteiger partial charge >= 0.3 is 0 Å². The molecule has 0 saturated carbocycles. The van der Waals surface area contributed by atoms with Gasteiger partial charge in [-0.15, -0.1) is 0 Å². The zero-order chi connectivity index (χ0) is 15.2. The molecule has 3 rings (SSSR count). The van der Waals surface area contributed by atoms with E-state index in [4.69, 9.17) is 13.9 Å². The van der Waals surface area contributed by atoms with Crippen molar-refractivity contribution in [2.75, 3.05) is 6.61 Å². The van der Waals surface area contributed by atoms with E-state index in [2.05, 4.69) is 6.07 Å². The standard InChI is InChI=1S/C19H18O3/c1-2-20-17-8-10-18(11-9-17)22-14-15-5-3-6-16(13-15)19-7-4-12-21-19/h3-13H,2,14H2,1H3. The predicted octanol–water partition coefficient (Wildman–Crippen LogP) is 4.92. The molecule has 0 fully saturated rings. The van der Waals surface area contributed by atoms with E-state index in [0.717, 1.165) is 28.4 Å². The first kappa shape index (κ1) is 14.3. The fourth-order valence-corrected chi connectivity index (χ4v) is 2.22. The Balaban J connectivity index is 1.65. The van der Waals surface area contributed by atoms with E-state index in [-0.39, 0.29) is 0 Å². The van der Waals surface area contributed by atoms with Crippen molar-refractivity contribution in [2.45, 2.75) is 13.5 Å². The summed E-state index contributed by atoms with van der Waals surface area (Å²) >= 11 is 0.